The maximum Gasteiger partial charge on any atom is 1.04 e. The number of aliphatic carboxylic acids is 3. The van der Waals surface area contributed by atoms with E-state index in [1.165, 1.54) is 0 Å². The predicted octanol–water partition coefficient (Wildman–Crippen LogP) is 1.67. The van der Waals surface area contributed by atoms with E-state index >= 15 is 0 Å². The van der Waals surface area contributed by atoms with Crippen LogP contribution in [0.4, 0.5) is 0 Å². The van der Waals surface area contributed by atoms with Gasteiger partial charge in [-0.25, -0.2) is 10.7 Å². The monoisotopic (exact) mass is 435 g/mol. The molecule has 0 spiro atoms. The molecule has 16 heteroatoms. The minimum atomic E-state index is -3.53. The smallest absolute Gasteiger partial charge is 0.481 e. The first-order chi connectivity index (χ1) is 11.6. The molecule has 0 aliphatic heterocycles. The van der Waals surface area contributed by atoms with Crippen molar-refractivity contribution in [2.75, 3.05) is 18.5 Å². The van der Waals surface area contributed by atoms with Crippen LogP contribution in [0.2, 0.25) is 0 Å². The maximum atomic E-state index is 11.6. The number of carboxylic acids is 3. The molecule has 0 radical (unpaired) electrons. The van der Waals surface area contributed by atoms with Crippen molar-refractivity contribution in [3.63, 3.8) is 0 Å². The molecule has 0 amide bonds. The molecule has 0 heterocycles. The summed E-state index contributed by atoms with van der Waals surface area (Å²) >= 11 is -3.53. The molecule has 3 atom stereocenters. The van der Waals surface area contributed by atoms with Crippen molar-refractivity contribution in [1.29, 1.82) is 0 Å². The van der Waals surface area contributed by atoms with Crippen LogP contribution in [0.3, 0.4) is 0 Å². The van der Waals surface area contributed by atoms with Gasteiger partial charge in [0.1, 0.15) is 0 Å². The Morgan fingerprint density at radius 2 is 0.880 bits per heavy atom. The van der Waals surface area contributed by atoms with E-state index in [9.17, 15) is 28.1 Å². The first-order valence-electron chi connectivity index (χ1n) is 6.60. The van der Waals surface area contributed by atoms with Gasteiger partial charge in [-0.3, -0.25) is 14.4 Å². The van der Waals surface area contributed by atoms with Gasteiger partial charge in [-0.1, -0.05) is 0 Å². The highest BCUT2D eigenvalue weighted by atomic mass is 31.1. The first-order valence-corrected chi connectivity index (χ1v) is 12.1. The molecule has 0 aliphatic rings. The molecule has 25 heavy (non-hydrogen) atoms. The van der Waals surface area contributed by atoms with Gasteiger partial charge in [-0.15, -0.1) is 0 Å². The second kappa shape index (κ2) is 13.3. The van der Waals surface area contributed by atoms with Crippen LogP contribution < -0.4 is 0 Å². The molecule has 138 valence electrons. The SMILES string of the molecule is O=C(O)CC[P+](=O)[O][Al]([O][P+](=O)CCC(=O)O)[O][P+](=O)CCC(=O)O. The van der Waals surface area contributed by atoms with Crippen LogP contribution >= 0.6 is 24.1 Å². The van der Waals surface area contributed by atoms with Crippen molar-refractivity contribution in [2.24, 2.45) is 0 Å². The average molecular weight is 435 g/mol. The highest BCUT2D eigenvalue weighted by molar-refractivity contribution is 7.44. The van der Waals surface area contributed by atoms with E-state index in [0.717, 1.165) is 0 Å². The molecule has 0 bridgehead atoms. The minimum Gasteiger partial charge on any atom is -0.481 e. The third-order valence-electron chi connectivity index (χ3n) is 2.14. The van der Waals surface area contributed by atoms with Gasteiger partial charge in [0.15, 0.2) is 18.5 Å². The molecule has 12 nitrogen and oxygen atoms in total. The van der Waals surface area contributed by atoms with E-state index in [0.29, 0.717) is 0 Å². The first kappa shape index (κ1) is 24.1. The van der Waals surface area contributed by atoms with E-state index < -0.39 is 94.9 Å². The van der Waals surface area contributed by atoms with Gasteiger partial charge in [0.25, 0.3) is 0 Å². The standard InChI is InChI=1S/3C3H5O4P.Al/c3*4-3(5)1-2-8(6)7;/h3*1-2H2,(H,4,5);/q;;;+3. The molecular formula is C9H15AlO12P3+3. The summed E-state index contributed by atoms with van der Waals surface area (Å²) in [7, 11) is -7.70. The Bertz CT molecular complexity index is 476. The summed E-state index contributed by atoms with van der Waals surface area (Å²) in [5, 5.41) is 25.5. The Morgan fingerprint density at radius 3 is 1.08 bits per heavy atom. The van der Waals surface area contributed by atoms with Gasteiger partial charge < -0.3 is 15.3 Å². The molecule has 0 aliphatic carbocycles. The summed E-state index contributed by atoms with van der Waals surface area (Å²) in [4.78, 5) is 31.2. The summed E-state index contributed by atoms with van der Waals surface area (Å²) < 4.78 is 49.3. The lowest BCUT2D eigenvalue weighted by Crippen LogP contribution is -2.20. The lowest BCUT2D eigenvalue weighted by atomic mass is 10.5. The number of carbonyl (C=O) groups is 3. The molecule has 0 fully saturated rings. The third-order valence-corrected chi connectivity index (χ3v) is 8.79. The van der Waals surface area contributed by atoms with Crippen molar-refractivity contribution in [3.05, 3.63) is 0 Å². The summed E-state index contributed by atoms with van der Waals surface area (Å²) in [6.07, 6.45) is -2.61. The number of hydrogen-bond donors (Lipinski definition) is 3. The lowest BCUT2D eigenvalue weighted by Gasteiger charge is -1.93. The van der Waals surface area contributed by atoms with Gasteiger partial charge in [0, 0.05) is 0 Å². The van der Waals surface area contributed by atoms with Crippen molar-refractivity contribution in [2.45, 2.75) is 19.3 Å². The normalized spacial score (nSPS) is 12.2. The zero-order valence-corrected chi connectivity index (χ0v) is 16.5. The van der Waals surface area contributed by atoms with Crippen LogP contribution in [0, 0.1) is 0 Å². The number of rotatable bonds is 15. The highest BCUT2D eigenvalue weighted by Gasteiger charge is 2.56. The molecule has 0 rings (SSSR count). The zero-order valence-electron chi connectivity index (χ0n) is 12.7. The van der Waals surface area contributed by atoms with Crippen molar-refractivity contribution < 1.29 is 54.1 Å². The van der Waals surface area contributed by atoms with Gasteiger partial charge in [-0.05, 0) is 13.7 Å². The average Bonchev–Trinajstić information content (AvgIpc) is 2.48. The largest absolute Gasteiger partial charge is 1.04 e. The van der Waals surface area contributed by atoms with E-state index in [4.69, 9.17) is 26.0 Å². The van der Waals surface area contributed by atoms with E-state index in [1.807, 2.05) is 0 Å². The van der Waals surface area contributed by atoms with Crippen molar-refractivity contribution in [3.8, 4) is 0 Å². The van der Waals surface area contributed by atoms with Crippen LogP contribution in [-0.4, -0.2) is 66.9 Å². The quantitative estimate of drug-likeness (QED) is 0.249. The van der Waals surface area contributed by atoms with Crippen LogP contribution in [0.1, 0.15) is 19.3 Å². The summed E-state index contributed by atoms with van der Waals surface area (Å²) in [6.45, 7) is 0. The van der Waals surface area contributed by atoms with E-state index in [-0.39, 0.29) is 0 Å². The molecule has 3 N–H and O–H groups in total. The molecule has 0 aromatic rings. The van der Waals surface area contributed by atoms with Crippen LogP contribution in [0.15, 0.2) is 0 Å². The maximum absolute atomic E-state index is 11.6. The Morgan fingerprint density at radius 1 is 0.640 bits per heavy atom. The van der Waals surface area contributed by atoms with Crippen LogP contribution in [0.5, 0.6) is 0 Å². The van der Waals surface area contributed by atoms with E-state index in [2.05, 4.69) is 0 Å². The lowest BCUT2D eigenvalue weighted by molar-refractivity contribution is -0.137. The van der Waals surface area contributed by atoms with Gasteiger partial charge in [-0.2, -0.15) is 0 Å². The van der Waals surface area contributed by atoms with Crippen LogP contribution in [-0.2, 0) is 38.8 Å². The van der Waals surface area contributed by atoms with Crippen LogP contribution in [0.25, 0.3) is 0 Å². The van der Waals surface area contributed by atoms with E-state index in [1.54, 1.807) is 0 Å². The van der Waals surface area contributed by atoms with Gasteiger partial charge in [0.05, 0.1) is 19.3 Å². The number of hydrogen-bond acceptors (Lipinski definition) is 9. The second-order valence-electron chi connectivity index (χ2n) is 4.21. The van der Waals surface area contributed by atoms with Crippen molar-refractivity contribution >= 4 is 57.1 Å². The molecule has 0 saturated heterocycles. The molecular weight excluding hydrogens is 420 g/mol. The van der Waals surface area contributed by atoms with Gasteiger partial charge in [0.2, 0.25) is 0 Å². The molecule has 0 aromatic heterocycles. The second-order valence-corrected chi connectivity index (χ2v) is 10.7. The molecule has 0 saturated carbocycles. The zero-order chi connectivity index (χ0) is 19.4. The fraction of sp³-hybridized carbons (Fsp3) is 0.667. The fourth-order valence-electron chi connectivity index (χ4n) is 1.06. The third kappa shape index (κ3) is 15.1. The predicted molar refractivity (Wildman–Crippen MR) is 83.2 cm³/mol. The Hall–Kier alpha value is -0.878. The Balaban J connectivity index is 4.67. The Labute approximate surface area is 149 Å². The fourth-order valence-corrected chi connectivity index (χ4v) is 7.26. The summed E-state index contributed by atoms with van der Waals surface area (Å²) in [5.74, 6) is -3.69. The van der Waals surface area contributed by atoms with Gasteiger partial charge >= 0.3 is 57.1 Å². The molecule has 0 aromatic carbocycles. The minimum absolute atomic E-state index is 0.390. The summed E-state index contributed by atoms with van der Waals surface area (Å²) in [5.41, 5.74) is 0. The Kier molecular flexibility index (Phi) is 12.9. The van der Waals surface area contributed by atoms with Crippen molar-refractivity contribution in [1.82, 2.24) is 0 Å². The summed E-state index contributed by atoms with van der Waals surface area (Å²) in [6, 6.07) is 0. The topological polar surface area (TPSA) is 191 Å². The molecule has 3 unspecified atom stereocenters. The highest BCUT2D eigenvalue weighted by Crippen LogP contribution is 2.35. The number of carboxylic acid groups (broad SMARTS) is 3.